The first-order valence-electron chi connectivity index (χ1n) is 13.7. The van der Waals surface area contributed by atoms with Crippen LogP contribution in [0.3, 0.4) is 0 Å². The monoisotopic (exact) mass is 587 g/mol. The molecule has 0 aromatic heterocycles. The van der Waals surface area contributed by atoms with Gasteiger partial charge < -0.3 is 39.7 Å². The predicted molar refractivity (Wildman–Crippen MR) is 154 cm³/mol. The molecule has 4 rings (SSSR count). The summed E-state index contributed by atoms with van der Waals surface area (Å²) in [7, 11) is -3.37. The minimum Gasteiger partial charge on any atom is -0.396 e. The Balaban J connectivity index is 1.75. The van der Waals surface area contributed by atoms with Gasteiger partial charge in [0.15, 0.2) is 5.60 Å². The zero-order chi connectivity index (χ0) is 30.3. The molecule has 2 aromatic carbocycles. The highest BCUT2D eigenvalue weighted by atomic mass is 28.4. The number of nitrogens with one attached hydrogen (secondary N) is 2. The second kappa shape index (κ2) is 11.6. The maximum atomic E-state index is 15.7. The molecule has 2 aliphatic rings. The van der Waals surface area contributed by atoms with Gasteiger partial charge in [-0.1, -0.05) is 19.1 Å². The van der Waals surface area contributed by atoms with E-state index in [0.717, 1.165) is 5.56 Å². The first-order valence-corrected chi connectivity index (χ1v) is 16.7. The Morgan fingerprint density at radius 3 is 2.15 bits per heavy atom. The summed E-state index contributed by atoms with van der Waals surface area (Å²) in [5.41, 5.74) is 0.522. The summed E-state index contributed by atoms with van der Waals surface area (Å²) in [5, 5.41) is 34.1. The van der Waals surface area contributed by atoms with Crippen LogP contribution in [0, 0.1) is 5.92 Å². The number of rotatable bonds is 9. The van der Waals surface area contributed by atoms with Gasteiger partial charge in [0.05, 0.1) is 18.3 Å². The second-order valence-corrected chi connectivity index (χ2v) is 15.2. The molecule has 2 aromatic rings. The molecule has 5 N–H and O–H groups in total. The van der Waals surface area contributed by atoms with Crippen molar-refractivity contribution in [1.82, 2.24) is 0 Å². The molecule has 2 heterocycles. The molecule has 1 saturated heterocycles. The fourth-order valence-corrected chi connectivity index (χ4v) is 8.59. The van der Waals surface area contributed by atoms with E-state index in [1.807, 2.05) is 6.92 Å². The highest BCUT2D eigenvalue weighted by molar-refractivity contribution is 6.72. The second-order valence-electron chi connectivity index (χ2n) is 11.4. The van der Waals surface area contributed by atoms with Crippen LogP contribution in [-0.2, 0) is 31.3 Å². The molecular weight excluding hydrogens is 549 g/mol. The van der Waals surface area contributed by atoms with Crippen LogP contribution in [0.15, 0.2) is 42.5 Å². The molecule has 0 radical (unpaired) electrons. The quantitative estimate of drug-likeness (QED) is 0.224. The highest BCUT2D eigenvalue weighted by Crippen LogP contribution is 2.60. The molecule has 0 bridgehead atoms. The van der Waals surface area contributed by atoms with Crippen molar-refractivity contribution in [3.05, 3.63) is 53.6 Å². The highest BCUT2D eigenvalue weighted by Gasteiger charge is 2.66. The Hall–Kier alpha value is -3.16. The number of amides is 3. The van der Waals surface area contributed by atoms with Crippen LogP contribution in [0.5, 0.6) is 0 Å². The first kappa shape index (κ1) is 30.8. The molecule has 0 saturated carbocycles. The number of aliphatic hydroxyl groups excluding tert-OH is 3. The molecule has 1 spiro atoms. The SMILES string of the molecule is C[C@H](O)C(=O)Nc1ccc(CN2C(=O)[C@]3(O[C@H](CCO)[C@@H]([Si](C)(C)F)[C@@H]3C)c3cc(NC(=O)[C@H](C)O)ccc32)cc1. The Kier molecular flexibility index (Phi) is 8.72. The van der Waals surface area contributed by atoms with Crippen molar-refractivity contribution in [2.24, 2.45) is 5.92 Å². The minimum atomic E-state index is -3.37. The maximum Gasteiger partial charge on any atom is 0.264 e. The molecule has 222 valence electrons. The van der Waals surface area contributed by atoms with E-state index >= 15 is 4.11 Å². The number of halogens is 1. The molecule has 1 fully saturated rings. The predicted octanol–water partition coefficient (Wildman–Crippen LogP) is 3.03. The van der Waals surface area contributed by atoms with Gasteiger partial charge in [-0.25, -0.2) is 0 Å². The van der Waals surface area contributed by atoms with Crippen LogP contribution in [0.25, 0.3) is 0 Å². The van der Waals surface area contributed by atoms with Crippen LogP contribution >= 0.6 is 0 Å². The normalized spacial score (nSPS) is 25.2. The zero-order valence-corrected chi connectivity index (χ0v) is 24.8. The van der Waals surface area contributed by atoms with Gasteiger partial charge >= 0.3 is 0 Å². The number of hydrogen-bond donors (Lipinski definition) is 5. The summed E-state index contributed by atoms with van der Waals surface area (Å²) < 4.78 is 22.3. The van der Waals surface area contributed by atoms with Crippen LogP contribution < -0.4 is 15.5 Å². The van der Waals surface area contributed by atoms with Gasteiger partial charge in [0.2, 0.25) is 8.41 Å². The van der Waals surface area contributed by atoms with Crippen LogP contribution in [0.4, 0.5) is 21.2 Å². The van der Waals surface area contributed by atoms with E-state index in [4.69, 9.17) is 4.74 Å². The summed E-state index contributed by atoms with van der Waals surface area (Å²) in [4.78, 5) is 40.0. The number of nitrogens with zero attached hydrogens (tertiary/aromatic N) is 1. The number of anilines is 3. The lowest BCUT2D eigenvalue weighted by Crippen LogP contribution is -2.45. The number of fused-ring (bicyclic) bond motifs is 2. The van der Waals surface area contributed by atoms with Crippen molar-refractivity contribution < 1.29 is 38.5 Å². The van der Waals surface area contributed by atoms with E-state index in [9.17, 15) is 29.7 Å². The van der Waals surface area contributed by atoms with Gasteiger partial charge in [-0.3, -0.25) is 14.4 Å². The van der Waals surface area contributed by atoms with E-state index in [1.165, 1.54) is 13.8 Å². The smallest absolute Gasteiger partial charge is 0.264 e. The van der Waals surface area contributed by atoms with Crippen molar-refractivity contribution >= 4 is 43.2 Å². The summed E-state index contributed by atoms with van der Waals surface area (Å²) in [6.07, 6.45) is -2.91. The van der Waals surface area contributed by atoms with Gasteiger partial charge in [0.25, 0.3) is 17.7 Å². The molecular formula is C29H38FN3O7Si. The fraction of sp³-hybridized carbons (Fsp3) is 0.483. The van der Waals surface area contributed by atoms with E-state index in [-0.39, 0.29) is 25.5 Å². The van der Waals surface area contributed by atoms with Gasteiger partial charge in [0, 0.05) is 35.0 Å². The Morgan fingerprint density at radius 1 is 1.05 bits per heavy atom. The largest absolute Gasteiger partial charge is 0.396 e. The van der Waals surface area contributed by atoms with E-state index in [1.54, 1.807) is 60.5 Å². The number of ether oxygens (including phenoxy) is 1. The molecule has 2 aliphatic heterocycles. The van der Waals surface area contributed by atoms with E-state index < -0.39 is 55.6 Å². The summed E-state index contributed by atoms with van der Waals surface area (Å²) in [6.45, 7) is 7.61. The number of carbonyl (C=O) groups excluding carboxylic acids is 3. The van der Waals surface area contributed by atoms with Crippen molar-refractivity contribution in [1.29, 1.82) is 0 Å². The Labute approximate surface area is 239 Å². The molecule has 41 heavy (non-hydrogen) atoms. The topological polar surface area (TPSA) is 148 Å². The third-order valence-corrected chi connectivity index (χ3v) is 10.4. The van der Waals surface area contributed by atoms with Crippen molar-refractivity contribution in [3.63, 3.8) is 0 Å². The van der Waals surface area contributed by atoms with Crippen LogP contribution in [0.2, 0.25) is 18.6 Å². The zero-order valence-electron chi connectivity index (χ0n) is 23.8. The molecule has 10 nitrogen and oxygen atoms in total. The van der Waals surface area contributed by atoms with E-state index in [0.29, 0.717) is 22.6 Å². The number of aliphatic hydroxyl groups is 3. The molecule has 12 heteroatoms. The number of hydrogen-bond acceptors (Lipinski definition) is 7. The van der Waals surface area contributed by atoms with Crippen molar-refractivity contribution in [2.75, 3.05) is 22.1 Å². The summed E-state index contributed by atoms with van der Waals surface area (Å²) in [5.74, 6) is -2.09. The third-order valence-electron chi connectivity index (χ3n) is 7.96. The maximum absolute atomic E-state index is 15.7. The van der Waals surface area contributed by atoms with Gasteiger partial charge in [-0.15, -0.1) is 0 Å². The summed E-state index contributed by atoms with van der Waals surface area (Å²) in [6, 6.07) is 11.8. The van der Waals surface area contributed by atoms with Gasteiger partial charge in [0.1, 0.15) is 12.2 Å². The van der Waals surface area contributed by atoms with Crippen LogP contribution in [-0.4, -0.2) is 66.4 Å². The number of benzene rings is 2. The molecule has 3 amide bonds. The van der Waals surface area contributed by atoms with Gasteiger partial charge in [-0.2, -0.15) is 0 Å². The Morgan fingerprint density at radius 2 is 1.61 bits per heavy atom. The number of carbonyl (C=O) groups is 3. The van der Waals surface area contributed by atoms with Crippen molar-refractivity contribution in [3.8, 4) is 0 Å². The standard InChI is InChI=1S/C29H38FN3O7Si/c1-16-25(41(4,5)30)24(12-13-34)40-29(16)22-14-21(32-27(38)18(3)36)10-11-23(22)33(28(29)39)15-19-6-8-20(9-7-19)31-26(37)17(2)35/h6-11,14,16-18,24-25,34-36H,12-13,15H2,1-5H3,(H,31,37)(H,32,38)/t16-,17-,18-,24+,25-,29+/m0/s1. The third kappa shape index (κ3) is 5.79. The lowest BCUT2D eigenvalue weighted by molar-refractivity contribution is -0.146. The Bertz CT molecular complexity index is 1310. The lowest BCUT2D eigenvalue weighted by atomic mass is 9.82. The summed E-state index contributed by atoms with van der Waals surface area (Å²) >= 11 is 0. The van der Waals surface area contributed by atoms with Crippen LogP contribution in [0.1, 0.15) is 38.3 Å². The average molecular weight is 588 g/mol. The fourth-order valence-electron chi connectivity index (χ4n) is 6.05. The average Bonchev–Trinajstić information content (AvgIpc) is 3.31. The first-order chi connectivity index (χ1) is 19.2. The lowest BCUT2D eigenvalue weighted by Gasteiger charge is -2.31. The minimum absolute atomic E-state index is 0.152. The van der Waals surface area contributed by atoms with Gasteiger partial charge in [-0.05, 0) is 69.3 Å². The molecule has 6 atom stereocenters. The van der Waals surface area contributed by atoms with Crippen molar-refractivity contribution in [2.45, 2.75) is 76.3 Å². The molecule has 0 unspecified atom stereocenters. The van der Waals surface area contributed by atoms with E-state index in [2.05, 4.69) is 10.6 Å². The molecule has 0 aliphatic carbocycles.